The lowest BCUT2D eigenvalue weighted by Gasteiger charge is -2.21. The van der Waals surface area contributed by atoms with Crippen molar-refractivity contribution in [2.45, 2.75) is 0 Å². The maximum Gasteiger partial charge on any atom is 0.270 e. The molecule has 5 nitrogen and oxygen atoms in total. The first-order valence-corrected chi connectivity index (χ1v) is 7.79. The predicted octanol–water partition coefficient (Wildman–Crippen LogP) is 4.51. The number of nitro groups is 1. The van der Waals surface area contributed by atoms with Crippen LogP contribution < -0.4 is 0 Å². The van der Waals surface area contributed by atoms with Crippen LogP contribution in [0.15, 0.2) is 60.8 Å². The summed E-state index contributed by atoms with van der Waals surface area (Å²) in [7, 11) is 0. The molecule has 1 aliphatic carbocycles. The second kappa shape index (κ2) is 4.70. The number of nitro benzene ring substituents is 1. The van der Waals surface area contributed by atoms with E-state index in [1.165, 1.54) is 6.07 Å². The molecule has 5 heteroatoms. The first-order chi connectivity index (χ1) is 12.1. The van der Waals surface area contributed by atoms with Crippen molar-refractivity contribution in [2.24, 2.45) is 0 Å². The summed E-state index contributed by atoms with van der Waals surface area (Å²) in [4.78, 5) is 28.4. The van der Waals surface area contributed by atoms with E-state index in [0.29, 0.717) is 16.5 Å². The molecule has 0 amide bonds. The fourth-order valence-electron chi connectivity index (χ4n) is 3.68. The molecule has 0 bridgehead atoms. The molecular weight excluding hydrogens is 316 g/mol. The predicted molar refractivity (Wildman–Crippen MR) is 94.8 cm³/mol. The zero-order valence-corrected chi connectivity index (χ0v) is 12.9. The number of carbonyl (C=O) groups is 1. The summed E-state index contributed by atoms with van der Waals surface area (Å²) in [6.45, 7) is 0. The largest absolute Gasteiger partial charge is 0.289 e. The summed E-state index contributed by atoms with van der Waals surface area (Å²) in [6.07, 6.45) is 1.68. The molecule has 0 saturated heterocycles. The molecule has 0 unspecified atom stereocenters. The highest BCUT2D eigenvalue weighted by molar-refractivity contribution is 6.30. The van der Waals surface area contributed by atoms with Gasteiger partial charge >= 0.3 is 0 Å². The fourth-order valence-corrected chi connectivity index (χ4v) is 3.68. The van der Waals surface area contributed by atoms with Crippen molar-refractivity contribution in [3.05, 3.63) is 82.0 Å². The monoisotopic (exact) mass is 326 g/mol. The number of pyridine rings is 1. The molecular formula is C20H10N2O3. The van der Waals surface area contributed by atoms with Crippen molar-refractivity contribution < 1.29 is 9.72 Å². The fraction of sp³-hybridized carbons (Fsp3) is 0. The third kappa shape index (κ3) is 1.77. The van der Waals surface area contributed by atoms with Crippen molar-refractivity contribution in [1.29, 1.82) is 0 Å². The second-order valence-electron chi connectivity index (χ2n) is 6.04. The summed E-state index contributed by atoms with van der Waals surface area (Å²) >= 11 is 0. The molecule has 25 heavy (non-hydrogen) atoms. The maximum absolute atomic E-state index is 13.2. The average Bonchev–Trinajstić information content (AvgIpc) is 2.64. The van der Waals surface area contributed by atoms with Crippen LogP contribution in [0.5, 0.6) is 0 Å². The number of fused-ring (bicyclic) bond motifs is 4. The molecule has 0 atom stereocenters. The molecule has 0 aliphatic heterocycles. The van der Waals surface area contributed by atoms with Gasteiger partial charge in [-0.3, -0.25) is 19.9 Å². The Labute approximate surface area is 141 Å². The lowest BCUT2D eigenvalue weighted by Crippen LogP contribution is -2.11. The van der Waals surface area contributed by atoms with Crippen molar-refractivity contribution in [2.75, 3.05) is 0 Å². The smallest absolute Gasteiger partial charge is 0.270 e. The van der Waals surface area contributed by atoms with Gasteiger partial charge in [-0.05, 0) is 28.6 Å². The number of rotatable bonds is 1. The Morgan fingerprint density at radius 1 is 0.920 bits per heavy atom. The first kappa shape index (κ1) is 13.8. The highest BCUT2D eigenvalue weighted by atomic mass is 16.6. The Morgan fingerprint density at radius 2 is 1.80 bits per heavy atom. The Balaban J connectivity index is 2.01. The molecule has 1 aliphatic rings. The molecule has 0 radical (unpaired) electrons. The number of hydrogen-bond acceptors (Lipinski definition) is 4. The molecule has 1 aromatic heterocycles. The summed E-state index contributed by atoms with van der Waals surface area (Å²) in [5, 5.41) is 13.6. The molecule has 4 aromatic rings. The molecule has 0 saturated carbocycles. The zero-order chi connectivity index (χ0) is 17.1. The van der Waals surface area contributed by atoms with E-state index in [1.807, 2.05) is 18.2 Å². The van der Waals surface area contributed by atoms with Gasteiger partial charge in [0.1, 0.15) is 0 Å². The van der Waals surface area contributed by atoms with E-state index < -0.39 is 4.92 Å². The van der Waals surface area contributed by atoms with Gasteiger partial charge in [0.25, 0.3) is 5.69 Å². The van der Waals surface area contributed by atoms with Crippen LogP contribution in [-0.2, 0) is 0 Å². The number of non-ortho nitro benzene ring substituents is 1. The summed E-state index contributed by atoms with van der Waals surface area (Å²) in [5.74, 6) is -0.0689. The highest BCUT2D eigenvalue weighted by Crippen LogP contribution is 2.43. The van der Waals surface area contributed by atoms with E-state index in [1.54, 1.807) is 36.5 Å². The van der Waals surface area contributed by atoms with Crippen molar-refractivity contribution in [1.82, 2.24) is 4.98 Å². The van der Waals surface area contributed by atoms with Gasteiger partial charge in [-0.1, -0.05) is 30.3 Å². The van der Waals surface area contributed by atoms with E-state index in [9.17, 15) is 14.9 Å². The number of carbonyl (C=O) groups excluding carboxylic acids is 1. The van der Waals surface area contributed by atoms with Gasteiger partial charge in [0.2, 0.25) is 0 Å². The van der Waals surface area contributed by atoms with Crippen LogP contribution >= 0.6 is 0 Å². The molecule has 118 valence electrons. The van der Waals surface area contributed by atoms with Crippen LogP contribution in [-0.4, -0.2) is 15.7 Å². The Morgan fingerprint density at radius 3 is 2.64 bits per heavy atom. The Bertz CT molecular complexity index is 1240. The number of benzene rings is 3. The van der Waals surface area contributed by atoms with Gasteiger partial charge < -0.3 is 0 Å². The lowest BCUT2D eigenvalue weighted by molar-refractivity contribution is -0.384. The van der Waals surface area contributed by atoms with Crippen molar-refractivity contribution in [3.8, 4) is 11.1 Å². The minimum Gasteiger partial charge on any atom is -0.289 e. The van der Waals surface area contributed by atoms with Crippen LogP contribution in [0, 0.1) is 10.1 Å². The van der Waals surface area contributed by atoms with Crippen LogP contribution in [0.4, 0.5) is 5.69 Å². The third-order valence-electron chi connectivity index (χ3n) is 4.72. The van der Waals surface area contributed by atoms with Gasteiger partial charge in [0, 0.05) is 40.2 Å². The average molecular weight is 326 g/mol. The minimum absolute atomic E-state index is 0.0197. The standard InChI is InChI=1S/C20H10N2O3/c23-20-15-4-1-3-11-9-12(22(24)25)10-16(18(11)15)13-6-7-17-14(19(13)20)5-2-8-21-17/h1-10H. The first-order valence-electron chi connectivity index (χ1n) is 7.79. The van der Waals surface area contributed by atoms with Crippen LogP contribution in [0.2, 0.25) is 0 Å². The quantitative estimate of drug-likeness (QED) is 0.335. The number of hydrogen-bond donors (Lipinski definition) is 0. The molecule has 5 rings (SSSR count). The van der Waals surface area contributed by atoms with Crippen LogP contribution in [0.1, 0.15) is 15.9 Å². The van der Waals surface area contributed by atoms with Gasteiger partial charge in [0.05, 0.1) is 10.4 Å². The van der Waals surface area contributed by atoms with Gasteiger partial charge in [-0.25, -0.2) is 0 Å². The molecule has 3 aromatic carbocycles. The minimum atomic E-state index is -0.401. The Kier molecular flexibility index (Phi) is 2.60. The van der Waals surface area contributed by atoms with Crippen molar-refractivity contribution >= 4 is 33.1 Å². The molecule has 0 fully saturated rings. The molecule has 0 N–H and O–H groups in total. The molecule has 1 heterocycles. The van der Waals surface area contributed by atoms with Crippen molar-refractivity contribution in [3.63, 3.8) is 0 Å². The normalized spacial score (nSPS) is 12.4. The van der Waals surface area contributed by atoms with Gasteiger partial charge in [-0.2, -0.15) is 0 Å². The maximum atomic E-state index is 13.2. The second-order valence-corrected chi connectivity index (χ2v) is 6.04. The summed E-state index contributed by atoms with van der Waals surface area (Å²) in [6, 6.07) is 15.7. The summed E-state index contributed by atoms with van der Waals surface area (Å²) < 4.78 is 0. The highest BCUT2D eigenvalue weighted by Gasteiger charge is 2.28. The van der Waals surface area contributed by atoms with Gasteiger partial charge in [-0.15, -0.1) is 0 Å². The van der Waals surface area contributed by atoms with E-state index in [4.69, 9.17) is 0 Å². The van der Waals surface area contributed by atoms with Crippen LogP contribution in [0.25, 0.3) is 32.8 Å². The summed E-state index contributed by atoms with van der Waals surface area (Å²) in [5.41, 5.74) is 3.33. The number of ketones is 1. The topological polar surface area (TPSA) is 73.1 Å². The zero-order valence-electron chi connectivity index (χ0n) is 12.9. The lowest BCUT2D eigenvalue weighted by atomic mass is 9.81. The van der Waals surface area contributed by atoms with Gasteiger partial charge in [0.15, 0.2) is 5.78 Å². The van der Waals surface area contributed by atoms with E-state index in [-0.39, 0.29) is 11.5 Å². The molecule has 0 spiro atoms. The van der Waals surface area contributed by atoms with E-state index >= 15 is 0 Å². The SMILES string of the molecule is O=C1c2c(ccc3ncccc23)-c2cc([N+](=O)[O-])cc3cccc1c23. The number of nitrogens with zero attached hydrogens (tertiary/aromatic N) is 2. The Hall–Kier alpha value is -3.60. The third-order valence-corrected chi connectivity index (χ3v) is 4.72. The van der Waals surface area contributed by atoms with E-state index in [0.717, 1.165) is 27.4 Å². The van der Waals surface area contributed by atoms with E-state index in [2.05, 4.69) is 4.98 Å². The van der Waals surface area contributed by atoms with Crippen LogP contribution in [0.3, 0.4) is 0 Å². The number of aromatic nitrogens is 1.